The second-order valence-corrected chi connectivity index (χ2v) is 9.93. The van der Waals surface area contributed by atoms with Crippen molar-refractivity contribution < 1.29 is 19.4 Å². The molecule has 0 saturated carbocycles. The Hall–Kier alpha value is -4.18. The van der Waals surface area contributed by atoms with Crippen molar-refractivity contribution in [2.75, 3.05) is 17.2 Å². The minimum absolute atomic E-state index is 0.176. The summed E-state index contributed by atoms with van der Waals surface area (Å²) in [5.74, 6) is 0.566. The highest BCUT2D eigenvalue weighted by atomic mass is 16.6. The van der Waals surface area contributed by atoms with E-state index in [4.69, 9.17) is 19.4 Å². The Morgan fingerprint density at radius 2 is 2.00 bits per heavy atom. The first kappa shape index (κ1) is 28.4. The van der Waals surface area contributed by atoms with E-state index in [1.807, 2.05) is 24.7 Å². The van der Waals surface area contributed by atoms with Gasteiger partial charge in [-0.05, 0) is 25.0 Å². The molecule has 4 aromatic heterocycles. The van der Waals surface area contributed by atoms with E-state index in [1.165, 1.54) is 11.7 Å². The van der Waals surface area contributed by atoms with E-state index in [0.717, 1.165) is 18.5 Å². The minimum atomic E-state index is -1.25. The van der Waals surface area contributed by atoms with E-state index >= 15 is 0 Å². The number of tetrazole rings is 1. The Labute approximate surface area is 236 Å². The van der Waals surface area contributed by atoms with Gasteiger partial charge in [0.1, 0.15) is 6.10 Å². The van der Waals surface area contributed by atoms with Gasteiger partial charge in [0.2, 0.25) is 11.8 Å². The summed E-state index contributed by atoms with van der Waals surface area (Å²) in [6, 6.07) is 0.176. The number of hydrogen-bond donors (Lipinski definition) is 3. The Bertz CT molecular complexity index is 1480. The van der Waals surface area contributed by atoms with Crippen LogP contribution < -0.4 is 10.6 Å². The maximum absolute atomic E-state index is 12.0. The van der Waals surface area contributed by atoms with Crippen LogP contribution in [0.5, 0.6) is 0 Å². The number of ether oxygens (including phenoxy) is 2. The molecule has 0 aliphatic carbocycles. The van der Waals surface area contributed by atoms with Gasteiger partial charge in [0.15, 0.2) is 35.4 Å². The molecule has 3 N–H and O–H groups in total. The molecule has 0 aromatic carbocycles. The second kappa shape index (κ2) is 12.1. The number of carbonyl (C=O) groups excluding carboxylic acids is 1. The van der Waals surface area contributed by atoms with Crippen molar-refractivity contribution in [3.63, 3.8) is 0 Å². The number of hydrogen-bond acceptors (Lipinski definition) is 13. The van der Waals surface area contributed by atoms with E-state index in [0.29, 0.717) is 42.4 Å². The lowest BCUT2D eigenvalue weighted by Crippen LogP contribution is -2.33. The summed E-state index contributed by atoms with van der Waals surface area (Å²) in [6.45, 7) is 8.40. The number of fused-ring (bicyclic) bond motifs is 1. The van der Waals surface area contributed by atoms with Crippen LogP contribution in [-0.4, -0.2) is 85.1 Å². The number of carbonyl (C=O) groups is 1. The molecule has 0 unspecified atom stereocenters. The molecule has 1 fully saturated rings. The van der Waals surface area contributed by atoms with Crippen molar-refractivity contribution in [3.05, 3.63) is 30.4 Å². The summed E-state index contributed by atoms with van der Waals surface area (Å²) in [5.41, 5.74) is 1.90. The first-order valence-electron chi connectivity index (χ1n) is 13.8. The van der Waals surface area contributed by atoms with E-state index in [-0.39, 0.29) is 11.9 Å². The van der Waals surface area contributed by atoms with Crippen molar-refractivity contribution in [2.45, 2.75) is 84.1 Å². The quantitative estimate of drug-likeness (QED) is 0.208. The summed E-state index contributed by atoms with van der Waals surface area (Å²) < 4.78 is 15.3. The Morgan fingerprint density at radius 1 is 1.20 bits per heavy atom. The van der Waals surface area contributed by atoms with E-state index < -0.39 is 30.5 Å². The number of imidazole rings is 2. The lowest BCUT2D eigenvalue weighted by Gasteiger charge is -2.21. The number of nitrogens with zero attached hydrogens (tertiary/aromatic N) is 10. The molecule has 0 spiro atoms. The smallest absolute Gasteiger partial charge is 0.303 e. The summed E-state index contributed by atoms with van der Waals surface area (Å²) in [4.78, 5) is 31.9. The number of esters is 1. The van der Waals surface area contributed by atoms with Gasteiger partial charge in [0, 0.05) is 39.2 Å². The third-order valence-corrected chi connectivity index (χ3v) is 6.97. The van der Waals surface area contributed by atoms with Crippen molar-refractivity contribution in [3.8, 4) is 0 Å². The molecule has 220 valence electrons. The fourth-order valence-corrected chi connectivity index (χ4v) is 4.78. The van der Waals surface area contributed by atoms with Gasteiger partial charge < -0.3 is 29.8 Å². The van der Waals surface area contributed by atoms with E-state index in [2.05, 4.69) is 49.9 Å². The molecular weight excluding hydrogens is 532 g/mol. The Kier molecular flexibility index (Phi) is 8.39. The van der Waals surface area contributed by atoms with Crippen LogP contribution in [0.3, 0.4) is 0 Å². The van der Waals surface area contributed by atoms with Crippen molar-refractivity contribution in [1.82, 2.24) is 49.3 Å². The van der Waals surface area contributed by atoms with Gasteiger partial charge in [0.05, 0.1) is 24.9 Å². The number of rotatable bonds is 12. The average Bonchev–Trinajstić information content (AvgIpc) is 3.75. The zero-order valence-electron chi connectivity index (χ0n) is 23.8. The van der Waals surface area contributed by atoms with Gasteiger partial charge in [-0.2, -0.15) is 14.8 Å². The van der Waals surface area contributed by atoms with Crippen LogP contribution in [0, 0.1) is 0 Å². The lowest BCUT2D eigenvalue weighted by atomic mass is 10.1. The third kappa shape index (κ3) is 5.97. The highest BCUT2D eigenvalue weighted by Gasteiger charge is 2.50. The van der Waals surface area contributed by atoms with Crippen LogP contribution in [0.4, 0.5) is 11.8 Å². The minimum Gasteiger partial charge on any atom is -0.455 e. The number of aliphatic hydroxyl groups excluding tert-OH is 1. The molecule has 5 rings (SSSR count). The lowest BCUT2D eigenvalue weighted by molar-refractivity contribution is -0.155. The molecular formula is C25H36N12O4. The first-order valence-corrected chi connectivity index (χ1v) is 13.8. The number of aromatic nitrogens is 10. The van der Waals surface area contributed by atoms with Crippen LogP contribution in [0.2, 0.25) is 0 Å². The molecule has 0 bridgehead atoms. The average molecular weight is 569 g/mol. The Morgan fingerprint density at radius 3 is 2.66 bits per heavy atom. The van der Waals surface area contributed by atoms with Crippen LogP contribution in [0.25, 0.3) is 11.2 Å². The fourth-order valence-electron chi connectivity index (χ4n) is 4.78. The van der Waals surface area contributed by atoms with Gasteiger partial charge in [-0.15, -0.1) is 10.2 Å². The van der Waals surface area contributed by atoms with Gasteiger partial charge in [-0.25, -0.2) is 9.97 Å². The summed E-state index contributed by atoms with van der Waals surface area (Å²) in [5, 5.41) is 30.2. The zero-order chi connectivity index (χ0) is 29.1. The maximum Gasteiger partial charge on any atom is 0.303 e. The van der Waals surface area contributed by atoms with Crippen molar-refractivity contribution >= 4 is 28.9 Å². The van der Waals surface area contributed by atoms with Gasteiger partial charge in [-0.1, -0.05) is 13.8 Å². The molecule has 5 heterocycles. The molecule has 0 amide bonds. The number of nitrogens with one attached hydrogen (secondary N) is 2. The van der Waals surface area contributed by atoms with E-state index in [9.17, 15) is 9.90 Å². The predicted molar refractivity (Wildman–Crippen MR) is 147 cm³/mol. The van der Waals surface area contributed by atoms with E-state index in [1.54, 1.807) is 17.2 Å². The highest BCUT2D eigenvalue weighted by molar-refractivity contribution is 5.84. The van der Waals surface area contributed by atoms with Gasteiger partial charge >= 0.3 is 5.97 Å². The molecule has 4 atom stereocenters. The number of anilines is 2. The number of aryl methyl sites for hydroxylation is 2. The normalized spacial score (nSPS) is 20.7. The Balaban J connectivity index is 1.50. The van der Waals surface area contributed by atoms with Crippen LogP contribution in [0.1, 0.15) is 64.4 Å². The standard InChI is InChI=1S/C25H36N12O4/c1-6-15(7-2)29-21-17-23(31-25(30-21)26-10-9-16-11-35(5)12-27-16)36(13-28-17)24-20(40-14(4)38)18(39)19(41-24)22-32-34-37(8-3)33-22/h11-13,15,18-20,24,39H,6-10H2,1-5H3,(H2,26,29,30,31)/t18-,19+,20-,24-/m1/s1. The first-order chi connectivity index (χ1) is 19.8. The maximum atomic E-state index is 12.0. The fraction of sp³-hybridized carbons (Fsp3) is 0.600. The molecule has 16 heteroatoms. The van der Waals surface area contributed by atoms with Crippen LogP contribution >= 0.6 is 0 Å². The van der Waals surface area contributed by atoms with Crippen LogP contribution in [0.15, 0.2) is 18.9 Å². The largest absolute Gasteiger partial charge is 0.455 e. The van der Waals surface area contributed by atoms with Crippen LogP contribution in [-0.2, 0) is 34.3 Å². The van der Waals surface area contributed by atoms with Gasteiger partial charge in [0.25, 0.3) is 0 Å². The topological polar surface area (TPSA) is 185 Å². The molecule has 16 nitrogen and oxygen atoms in total. The molecule has 4 aromatic rings. The molecule has 41 heavy (non-hydrogen) atoms. The molecule has 1 aliphatic rings. The number of aliphatic hydroxyl groups is 1. The molecule has 1 saturated heterocycles. The SMILES string of the molecule is CCC(CC)Nc1nc(NCCc2cn(C)cn2)nc2c1ncn2[C@@H]1O[C@H](c2nnn(CC)n2)[C@@H](O)[C@H]1OC(C)=O. The van der Waals surface area contributed by atoms with Crippen molar-refractivity contribution in [2.24, 2.45) is 7.05 Å². The predicted octanol–water partition coefficient (Wildman–Crippen LogP) is 1.38. The van der Waals surface area contributed by atoms with Gasteiger partial charge in [-0.3, -0.25) is 9.36 Å². The summed E-state index contributed by atoms with van der Waals surface area (Å²) in [7, 11) is 1.93. The molecule has 1 aliphatic heterocycles. The summed E-state index contributed by atoms with van der Waals surface area (Å²) >= 11 is 0. The van der Waals surface area contributed by atoms with Crippen molar-refractivity contribution in [1.29, 1.82) is 0 Å². The monoisotopic (exact) mass is 568 g/mol. The second-order valence-electron chi connectivity index (χ2n) is 9.93. The highest BCUT2D eigenvalue weighted by Crippen LogP contribution is 2.40. The molecule has 0 radical (unpaired) electrons. The summed E-state index contributed by atoms with van der Waals surface area (Å²) in [6.07, 6.45) is 3.45. The zero-order valence-corrected chi connectivity index (χ0v) is 23.8. The third-order valence-electron chi connectivity index (χ3n) is 6.97.